The molecule has 2 aromatic heterocycles. The zero-order chi connectivity index (χ0) is 27.5. The minimum Gasteiger partial charge on any atom is -0.352 e. The van der Waals surface area contributed by atoms with Crippen molar-refractivity contribution in [3.05, 3.63) is 113 Å². The van der Waals surface area contributed by atoms with Crippen molar-refractivity contribution in [2.24, 2.45) is 0 Å². The molecular weight excluding hydrogens is 502 g/mol. The normalized spacial score (nSPS) is 16.8. The minimum atomic E-state index is -0.131. The summed E-state index contributed by atoms with van der Waals surface area (Å²) in [5.41, 5.74) is 8.82. The van der Waals surface area contributed by atoms with Gasteiger partial charge in [-0.05, 0) is 86.4 Å². The number of aryl methyl sites for hydroxylation is 3. The van der Waals surface area contributed by atoms with E-state index >= 15 is 0 Å². The van der Waals surface area contributed by atoms with Gasteiger partial charge in [-0.15, -0.1) is 0 Å². The molecule has 3 heterocycles. The van der Waals surface area contributed by atoms with E-state index < -0.39 is 0 Å². The Morgan fingerprint density at radius 1 is 1.03 bits per heavy atom. The fourth-order valence-electron chi connectivity index (χ4n) is 5.62. The molecule has 0 unspecified atom stereocenters. The zero-order valence-electron chi connectivity index (χ0n) is 22.9. The van der Waals surface area contributed by atoms with Gasteiger partial charge in [0, 0.05) is 41.9 Å². The Balaban J connectivity index is 1.49. The third-order valence-corrected chi connectivity index (χ3v) is 7.95. The summed E-state index contributed by atoms with van der Waals surface area (Å²) in [6, 6.07) is 24.4. The van der Waals surface area contributed by atoms with E-state index in [0.29, 0.717) is 18.1 Å². The molecule has 1 amide bonds. The van der Waals surface area contributed by atoms with Crippen LogP contribution in [0.25, 0.3) is 5.69 Å². The molecule has 0 saturated carbocycles. The number of amides is 1. The lowest BCUT2D eigenvalue weighted by molar-refractivity contribution is -0.116. The van der Waals surface area contributed by atoms with Crippen LogP contribution in [-0.4, -0.2) is 32.0 Å². The summed E-state index contributed by atoms with van der Waals surface area (Å²) in [5.74, 6) is -0.0329. The molecular formula is C32H35N5OS. The number of benzene rings is 2. The highest BCUT2D eigenvalue weighted by molar-refractivity contribution is 7.80. The molecule has 2 atom stereocenters. The number of nitrogens with zero attached hydrogens (tertiary/aromatic N) is 3. The van der Waals surface area contributed by atoms with Gasteiger partial charge in [0.15, 0.2) is 5.11 Å². The van der Waals surface area contributed by atoms with E-state index in [2.05, 4.69) is 76.2 Å². The van der Waals surface area contributed by atoms with Crippen LogP contribution in [0.5, 0.6) is 0 Å². The molecule has 0 spiro atoms. The van der Waals surface area contributed by atoms with Gasteiger partial charge in [-0.3, -0.25) is 9.78 Å². The quantitative estimate of drug-likeness (QED) is 0.256. The minimum absolute atomic E-state index is 0.0329. The standard InChI is InChI=1S/C32H35N5OS/c1-5-24-13-7-9-16-28(24)37-22(3)20-25(23(37)4)31-30(27-15-10-11-18-33-27)35-32(39)36(31)19-17-29(38)34-26-14-8-6-12-21(26)2/h6-16,18,20,30-31H,5,17,19H2,1-4H3,(H,34,38)(H,35,39)/t30-,31-/m1/s1. The molecule has 7 heteroatoms. The maximum atomic E-state index is 13.0. The van der Waals surface area contributed by atoms with Crippen molar-refractivity contribution in [3.8, 4) is 5.69 Å². The Labute approximate surface area is 236 Å². The molecule has 0 bridgehead atoms. The summed E-state index contributed by atoms with van der Waals surface area (Å²) in [4.78, 5) is 19.8. The number of hydrogen-bond donors (Lipinski definition) is 2. The van der Waals surface area contributed by atoms with Crippen molar-refractivity contribution < 1.29 is 4.79 Å². The van der Waals surface area contributed by atoms with Crippen LogP contribution in [0.15, 0.2) is 79.0 Å². The van der Waals surface area contributed by atoms with Crippen molar-refractivity contribution >= 4 is 28.9 Å². The summed E-state index contributed by atoms with van der Waals surface area (Å²) in [6.07, 6.45) is 3.09. The highest BCUT2D eigenvalue weighted by Crippen LogP contribution is 2.41. The Bertz CT molecular complexity index is 1500. The number of carbonyl (C=O) groups is 1. The first-order valence-electron chi connectivity index (χ1n) is 13.5. The molecule has 2 N–H and O–H groups in total. The lowest BCUT2D eigenvalue weighted by atomic mass is 9.96. The topological polar surface area (TPSA) is 62.2 Å². The molecule has 39 heavy (non-hydrogen) atoms. The van der Waals surface area contributed by atoms with Gasteiger partial charge in [0.1, 0.15) is 0 Å². The number of thiocarbonyl (C=S) groups is 1. The number of hydrogen-bond acceptors (Lipinski definition) is 3. The Kier molecular flexibility index (Phi) is 7.79. The average molecular weight is 538 g/mol. The van der Waals surface area contributed by atoms with E-state index in [1.165, 1.54) is 28.2 Å². The number of rotatable bonds is 8. The molecule has 6 nitrogen and oxygen atoms in total. The SMILES string of the molecule is CCc1ccccc1-n1c(C)cc([C@@H]2[C@@H](c3ccccn3)NC(=S)N2CCC(=O)Nc2ccccc2C)c1C. The van der Waals surface area contributed by atoms with E-state index in [1.807, 2.05) is 55.6 Å². The van der Waals surface area contributed by atoms with Gasteiger partial charge in [-0.25, -0.2) is 0 Å². The maximum Gasteiger partial charge on any atom is 0.226 e. The highest BCUT2D eigenvalue weighted by atomic mass is 32.1. The first-order chi connectivity index (χ1) is 18.9. The summed E-state index contributed by atoms with van der Waals surface area (Å²) >= 11 is 5.86. The van der Waals surface area contributed by atoms with Crippen LogP contribution in [0.2, 0.25) is 0 Å². The molecule has 1 aliphatic heterocycles. The number of para-hydroxylation sites is 2. The van der Waals surface area contributed by atoms with Crippen molar-refractivity contribution in [2.75, 3.05) is 11.9 Å². The second kappa shape index (κ2) is 11.4. The van der Waals surface area contributed by atoms with Crippen LogP contribution in [0.4, 0.5) is 5.69 Å². The van der Waals surface area contributed by atoms with Crippen LogP contribution in [-0.2, 0) is 11.2 Å². The van der Waals surface area contributed by atoms with Crippen molar-refractivity contribution in [1.29, 1.82) is 0 Å². The van der Waals surface area contributed by atoms with Crippen LogP contribution < -0.4 is 10.6 Å². The van der Waals surface area contributed by atoms with Crippen molar-refractivity contribution in [3.63, 3.8) is 0 Å². The van der Waals surface area contributed by atoms with Gasteiger partial charge in [-0.1, -0.05) is 49.4 Å². The zero-order valence-corrected chi connectivity index (χ0v) is 23.8. The second-order valence-electron chi connectivity index (χ2n) is 10.1. The van der Waals surface area contributed by atoms with E-state index in [9.17, 15) is 4.79 Å². The summed E-state index contributed by atoms with van der Waals surface area (Å²) < 4.78 is 2.34. The first-order valence-corrected chi connectivity index (χ1v) is 13.9. The van der Waals surface area contributed by atoms with Gasteiger partial charge in [-0.2, -0.15) is 0 Å². The summed E-state index contributed by atoms with van der Waals surface area (Å²) in [7, 11) is 0. The third-order valence-electron chi connectivity index (χ3n) is 7.60. The molecule has 0 aliphatic carbocycles. The number of pyridine rings is 1. The first kappa shape index (κ1) is 26.6. The van der Waals surface area contributed by atoms with E-state index in [0.717, 1.165) is 23.4 Å². The van der Waals surface area contributed by atoms with Crippen LogP contribution >= 0.6 is 12.2 Å². The van der Waals surface area contributed by atoms with Gasteiger partial charge >= 0.3 is 0 Å². The second-order valence-corrected chi connectivity index (χ2v) is 10.5. The average Bonchev–Trinajstić information content (AvgIpc) is 3.43. The van der Waals surface area contributed by atoms with Crippen molar-refractivity contribution in [2.45, 2.75) is 52.6 Å². The number of nitrogens with one attached hydrogen (secondary N) is 2. The Morgan fingerprint density at radius 3 is 2.51 bits per heavy atom. The van der Waals surface area contributed by atoms with E-state index in [-0.39, 0.29) is 18.0 Å². The lowest BCUT2D eigenvalue weighted by Gasteiger charge is -2.28. The largest absolute Gasteiger partial charge is 0.352 e. The molecule has 2 aromatic carbocycles. The molecule has 1 fully saturated rings. The van der Waals surface area contributed by atoms with E-state index in [4.69, 9.17) is 12.2 Å². The fourth-order valence-corrected chi connectivity index (χ4v) is 5.95. The van der Waals surface area contributed by atoms with Crippen molar-refractivity contribution in [1.82, 2.24) is 19.8 Å². The summed E-state index contributed by atoms with van der Waals surface area (Å²) in [5, 5.41) is 7.22. The van der Waals surface area contributed by atoms with Gasteiger partial charge in [0.2, 0.25) is 5.91 Å². The molecule has 4 aromatic rings. The van der Waals surface area contributed by atoms with Crippen LogP contribution in [0.3, 0.4) is 0 Å². The predicted octanol–water partition coefficient (Wildman–Crippen LogP) is 6.36. The predicted molar refractivity (Wildman–Crippen MR) is 161 cm³/mol. The molecule has 5 rings (SSSR count). The Hall–Kier alpha value is -3.97. The van der Waals surface area contributed by atoms with Gasteiger partial charge in [0.05, 0.1) is 17.8 Å². The van der Waals surface area contributed by atoms with Crippen LogP contribution in [0.1, 0.15) is 59.2 Å². The smallest absolute Gasteiger partial charge is 0.226 e. The maximum absolute atomic E-state index is 13.0. The molecule has 1 aliphatic rings. The number of carbonyl (C=O) groups excluding carboxylic acids is 1. The van der Waals surface area contributed by atoms with Gasteiger partial charge in [0.25, 0.3) is 0 Å². The lowest BCUT2D eigenvalue weighted by Crippen LogP contribution is -2.33. The Morgan fingerprint density at radius 2 is 1.77 bits per heavy atom. The van der Waals surface area contributed by atoms with E-state index in [1.54, 1.807) is 0 Å². The number of aromatic nitrogens is 2. The monoisotopic (exact) mass is 537 g/mol. The summed E-state index contributed by atoms with van der Waals surface area (Å²) in [6.45, 7) is 9.00. The third kappa shape index (κ3) is 5.32. The molecule has 1 saturated heterocycles. The van der Waals surface area contributed by atoms with Crippen LogP contribution in [0, 0.1) is 20.8 Å². The number of anilines is 1. The molecule has 0 radical (unpaired) electrons. The van der Waals surface area contributed by atoms with Gasteiger partial charge < -0.3 is 20.1 Å². The highest BCUT2D eigenvalue weighted by Gasteiger charge is 2.41. The molecule has 200 valence electrons. The fraction of sp³-hybridized carbons (Fsp3) is 0.281.